The number of fused-ring (bicyclic) bond motifs is 4. The van der Waals surface area contributed by atoms with Crippen LogP contribution in [-0.2, 0) is 0 Å². The summed E-state index contributed by atoms with van der Waals surface area (Å²) in [6.07, 6.45) is 0. The lowest BCUT2D eigenvalue weighted by Crippen LogP contribution is -2.26. The third kappa shape index (κ3) is 3.34. The lowest BCUT2D eigenvalue weighted by atomic mass is 9.83. The van der Waals surface area contributed by atoms with Crippen molar-refractivity contribution in [3.05, 3.63) is 74.4 Å². The Labute approximate surface area is 181 Å². The van der Waals surface area contributed by atoms with E-state index in [1.165, 1.54) is 0 Å². The van der Waals surface area contributed by atoms with Crippen LogP contribution in [0, 0.1) is 11.3 Å². The van der Waals surface area contributed by atoms with Crippen molar-refractivity contribution >= 4 is 22.6 Å². The third-order valence-electron chi connectivity index (χ3n) is 4.79. The van der Waals surface area contributed by atoms with Gasteiger partial charge in [0.25, 0.3) is 0 Å². The molecule has 8 nitrogen and oxygen atoms in total. The molecule has 0 saturated heterocycles. The topological polar surface area (TPSA) is 128 Å². The van der Waals surface area contributed by atoms with E-state index in [-0.39, 0.29) is 41.2 Å². The minimum Gasteiger partial charge on any atom is -0.454 e. The molecule has 3 N–H and O–H groups in total. The second-order valence-electron chi connectivity index (χ2n) is 6.57. The molecular weight excluding hydrogens is 424 g/mol. The minimum atomic E-state index is -0.864. The summed E-state index contributed by atoms with van der Waals surface area (Å²) in [4.78, 5) is 12.9. The first kappa shape index (κ1) is 20.6. The monoisotopic (exact) mass is 440 g/mol. The fourth-order valence-corrected chi connectivity index (χ4v) is 3.87. The number of hydrogen-bond acceptors (Lipinski definition) is 8. The number of rotatable bonds is 1. The normalized spacial score (nSPS) is 16.1. The number of allylic oxidation sites excluding steroid dienone is 1. The van der Waals surface area contributed by atoms with Crippen LogP contribution in [0.3, 0.4) is 0 Å². The van der Waals surface area contributed by atoms with Gasteiger partial charge in [-0.05, 0) is 30.7 Å². The van der Waals surface area contributed by atoms with Gasteiger partial charge < -0.3 is 29.5 Å². The summed E-state index contributed by atoms with van der Waals surface area (Å²) in [7, 11) is 0. The van der Waals surface area contributed by atoms with Gasteiger partial charge in [-0.3, -0.25) is 0 Å². The SMILES string of the molecule is CCO.N#CC1=C(N)Oc2c(c(=O)oc3ccccc23)C1c1ccc2c(c1Cl)OCO2. The summed E-state index contributed by atoms with van der Waals surface area (Å²) >= 11 is 6.54. The van der Waals surface area contributed by atoms with Gasteiger partial charge in [0.15, 0.2) is 17.2 Å². The van der Waals surface area contributed by atoms with E-state index in [1.54, 1.807) is 43.3 Å². The van der Waals surface area contributed by atoms with Crippen molar-refractivity contribution in [3.8, 4) is 23.3 Å². The number of halogens is 1. The summed E-state index contributed by atoms with van der Waals surface area (Å²) < 4.78 is 21.9. The highest BCUT2D eigenvalue weighted by atomic mass is 35.5. The lowest BCUT2D eigenvalue weighted by Gasteiger charge is -2.26. The molecule has 0 spiro atoms. The summed E-state index contributed by atoms with van der Waals surface area (Å²) in [5.41, 5.74) is 6.46. The standard InChI is InChI=1S/C20H11ClN2O5.C2H6O/c21-16-10(5-6-13-18(16)26-8-25-13)14-11(7-22)19(23)28-17-9-3-1-2-4-12(9)27-20(24)15(14)17;1-2-3/h1-6,14H,8,23H2;3H,2H2,1H3. The van der Waals surface area contributed by atoms with Gasteiger partial charge in [-0.25, -0.2) is 4.79 Å². The van der Waals surface area contributed by atoms with Crippen LogP contribution in [0.15, 0.2) is 57.1 Å². The molecule has 2 aromatic carbocycles. The molecule has 9 heteroatoms. The van der Waals surface area contributed by atoms with Gasteiger partial charge in [-0.1, -0.05) is 29.8 Å². The van der Waals surface area contributed by atoms with E-state index in [1.807, 2.05) is 6.07 Å². The van der Waals surface area contributed by atoms with Gasteiger partial charge in [0.05, 0.1) is 21.9 Å². The Kier molecular flexibility index (Phi) is 5.46. The number of aliphatic hydroxyl groups is 1. The van der Waals surface area contributed by atoms with Gasteiger partial charge in [0, 0.05) is 6.61 Å². The fraction of sp³-hybridized carbons (Fsp3) is 0.182. The summed E-state index contributed by atoms with van der Waals surface area (Å²) in [5.74, 6) is 0.137. The zero-order valence-corrected chi connectivity index (χ0v) is 17.1. The first-order valence-electron chi connectivity index (χ1n) is 9.33. The van der Waals surface area contributed by atoms with E-state index in [0.29, 0.717) is 28.0 Å². The quantitative estimate of drug-likeness (QED) is 0.551. The van der Waals surface area contributed by atoms with Crippen LogP contribution in [0.1, 0.15) is 24.0 Å². The molecule has 2 aliphatic heterocycles. The van der Waals surface area contributed by atoms with Crippen LogP contribution in [0.2, 0.25) is 5.02 Å². The van der Waals surface area contributed by atoms with Gasteiger partial charge in [-0.2, -0.15) is 5.26 Å². The Morgan fingerprint density at radius 1 is 1.23 bits per heavy atom. The largest absolute Gasteiger partial charge is 0.454 e. The molecule has 1 atom stereocenters. The number of nitrogens with two attached hydrogens (primary N) is 1. The van der Waals surface area contributed by atoms with Crippen LogP contribution < -0.4 is 25.6 Å². The number of aliphatic hydroxyl groups excluding tert-OH is 1. The number of nitrogens with zero attached hydrogens (tertiary/aromatic N) is 1. The van der Waals surface area contributed by atoms with Crippen LogP contribution in [-0.4, -0.2) is 18.5 Å². The van der Waals surface area contributed by atoms with Gasteiger partial charge >= 0.3 is 5.63 Å². The Morgan fingerprint density at radius 2 is 1.97 bits per heavy atom. The zero-order chi connectivity index (χ0) is 22.1. The predicted octanol–water partition coefficient (Wildman–Crippen LogP) is 3.39. The van der Waals surface area contributed by atoms with Crippen LogP contribution >= 0.6 is 11.6 Å². The summed E-state index contributed by atoms with van der Waals surface area (Å²) in [5, 5.41) is 18.1. The second-order valence-corrected chi connectivity index (χ2v) is 6.95. The van der Waals surface area contributed by atoms with E-state index >= 15 is 0 Å². The van der Waals surface area contributed by atoms with Gasteiger partial charge in [0.1, 0.15) is 17.2 Å². The van der Waals surface area contributed by atoms with Crippen molar-refractivity contribution in [3.63, 3.8) is 0 Å². The highest BCUT2D eigenvalue weighted by Gasteiger charge is 2.38. The molecule has 3 heterocycles. The Hall–Kier alpha value is -3.67. The molecule has 0 aliphatic carbocycles. The highest BCUT2D eigenvalue weighted by molar-refractivity contribution is 6.33. The average Bonchev–Trinajstić information content (AvgIpc) is 3.24. The van der Waals surface area contributed by atoms with E-state index < -0.39 is 11.5 Å². The molecule has 31 heavy (non-hydrogen) atoms. The number of benzene rings is 2. The molecule has 1 aromatic heterocycles. The van der Waals surface area contributed by atoms with E-state index in [2.05, 4.69) is 0 Å². The third-order valence-corrected chi connectivity index (χ3v) is 5.18. The summed E-state index contributed by atoms with van der Waals surface area (Å²) in [6.45, 7) is 1.97. The molecule has 3 aromatic rings. The molecule has 0 fully saturated rings. The predicted molar refractivity (Wildman–Crippen MR) is 112 cm³/mol. The van der Waals surface area contributed by atoms with Crippen LogP contribution in [0.4, 0.5) is 0 Å². The molecular formula is C22H17ClN2O6. The van der Waals surface area contributed by atoms with Crippen molar-refractivity contribution in [2.75, 3.05) is 13.4 Å². The van der Waals surface area contributed by atoms with Crippen molar-refractivity contribution in [2.24, 2.45) is 5.73 Å². The summed E-state index contributed by atoms with van der Waals surface area (Å²) in [6, 6.07) is 12.3. The smallest absolute Gasteiger partial charge is 0.344 e. The molecule has 5 rings (SSSR count). The number of hydrogen-bond donors (Lipinski definition) is 2. The average molecular weight is 441 g/mol. The van der Waals surface area contributed by atoms with Gasteiger partial charge in [0.2, 0.25) is 12.7 Å². The van der Waals surface area contributed by atoms with E-state index in [9.17, 15) is 10.1 Å². The minimum absolute atomic E-state index is 0.0404. The van der Waals surface area contributed by atoms with Crippen LogP contribution in [0.5, 0.6) is 17.2 Å². The molecule has 0 amide bonds. The van der Waals surface area contributed by atoms with Crippen molar-refractivity contribution in [1.82, 2.24) is 0 Å². The Balaban J connectivity index is 0.000000730. The Morgan fingerprint density at radius 3 is 2.71 bits per heavy atom. The molecule has 0 bridgehead atoms. The molecule has 0 radical (unpaired) electrons. The van der Waals surface area contributed by atoms with Crippen molar-refractivity contribution < 1.29 is 23.7 Å². The maximum atomic E-state index is 12.9. The maximum absolute atomic E-state index is 12.9. The fourth-order valence-electron chi connectivity index (χ4n) is 3.55. The zero-order valence-electron chi connectivity index (χ0n) is 16.3. The molecule has 158 valence electrons. The van der Waals surface area contributed by atoms with Crippen LogP contribution in [0.25, 0.3) is 11.0 Å². The molecule has 0 saturated carbocycles. The molecule has 1 unspecified atom stereocenters. The maximum Gasteiger partial charge on any atom is 0.344 e. The molecule has 2 aliphatic rings. The number of ether oxygens (including phenoxy) is 3. The highest BCUT2D eigenvalue weighted by Crippen LogP contribution is 2.49. The number of nitriles is 1. The second kappa shape index (κ2) is 8.22. The van der Waals surface area contributed by atoms with E-state index in [0.717, 1.165) is 0 Å². The first-order chi connectivity index (χ1) is 15.0. The Bertz CT molecular complexity index is 1310. The first-order valence-corrected chi connectivity index (χ1v) is 9.71. The van der Waals surface area contributed by atoms with Gasteiger partial charge in [-0.15, -0.1) is 0 Å². The van der Waals surface area contributed by atoms with Crippen molar-refractivity contribution in [2.45, 2.75) is 12.8 Å². The van der Waals surface area contributed by atoms with E-state index in [4.69, 9.17) is 41.1 Å². The number of para-hydroxylation sites is 1. The lowest BCUT2D eigenvalue weighted by molar-refractivity contribution is 0.174. The van der Waals surface area contributed by atoms with Crippen molar-refractivity contribution in [1.29, 1.82) is 5.26 Å².